The molecule has 4 aromatic rings. The number of ether oxygens (including phenoxy) is 1. The molecule has 0 saturated carbocycles. The zero-order valence-electron chi connectivity index (χ0n) is 20.2. The summed E-state index contributed by atoms with van der Waals surface area (Å²) in [7, 11) is 0. The summed E-state index contributed by atoms with van der Waals surface area (Å²) in [5, 5.41) is 8.39. The summed E-state index contributed by atoms with van der Waals surface area (Å²) in [5.74, 6) is -1.29. The first-order valence-corrected chi connectivity index (χ1v) is 11.9. The average molecular weight is 507 g/mol. The fourth-order valence-electron chi connectivity index (χ4n) is 4.20. The number of nitrogens with one attached hydrogen (secondary N) is 2. The van der Waals surface area contributed by atoms with Crippen molar-refractivity contribution in [2.45, 2.75) is 12.0 Å². The fourth-order valence-corrected chi connectivity index (χ4v) is 4.20. The average Bonchev–Trinajstić information content (AvgIpc) is 3.42. The number of rotatable bonds is 7. The molecule has 1 aliphatic heterocycles. The van der Waals surface area contributed by atoms with Gasteiger partial charge in [0.15, 0.2) is 0 Å². The molecule has 5 rings (SSSR count). The van der Waals surface area contributed by atoms with Gasteiger partial charge in [-0.05, 0) is 59.2 Å². The topological polar surface area (TPSA) is 92.1 Å². The van der Waals surface area contributed by atoms with Crippen LogP contribution in [0.4, 0.5) is 4.39 Å². The number of carbonyl (C=O) groups excluding carboxylic acids is 2. The highest BCUT2D eigenvalue weighted by atomic mass is 19.1. The van der Waals surface area contributed by atoms with Crippen molar-refractivity contribution in [3.63, 3.8) is 0 Å². The lowest BCUT2D eigenvalue weighted by molar-refractivity contribution is -0.114. The van der Waals surface area contributed by atoms with E-state index in [0.29, 0.717) is 23.4 Å². The van der Waals surface area contributed by atoms with E-state index in [4.69, 9.17) is 4.74 Å². The van der Waals surface area contributed by atoms with E-state index in [-0.39, 0.29) is 5.56 Å². The summed E-state index contributed by atoms with van der Waals surface area (Å²) in [6.45, 7) is 0. The molecule has 0 saturated heterocycles. The molecule has 0 fully saturated rings. The van der Waals surface area contributed by atoms with Crippen LogP contribution in [0.15, 0.2) is 119 Å². The largest absolute Gasteiger partial charge is 0.423 e. The molecule has 1 heterocycles. The van der Waals surface area contributed by atoms with Crippen LogP contribution in [0.2, 0.25) is 0 Å². The van der Waals surface area contributed by atoms with Crippen LogP contribution in [0.25, 0.3) is 0 Å². The highest BCUT2D eigenvalue weighted by Gasteiger charge is 2.41. The summed E-state index contributed by atoms with van der Waals surface area (Å²) in [4.78, 5) is 25.0. The molecular weight excluding hydrogens is 483 g/mol. The molecule has 0 atom stereocenters. The van der Waals surface area contributed by atoms with E-state index in [0.717, 1.165) is 17.2 Å². The number of esters is 1. The molecule has 4 aromatic carbocycles. The Morgan fingerprint density at radius 3 is 2.18 bits per heavy atom. The highest BCUT2D eigenvalue weighted by Crippen LogP contribution is 2.36. The molecule has 38 heavy (non-hydrogen) atoms. The van der Waals surface area contributed by atoms with Gasteiger partial charge >= 0.3 is 5.97 Å². The van der Waals surface area contributed by atoms with E-state index in [1.807, 2.05) is 60.7 Å². The van der Waals surface area contributed by atoms with Crippen LogP contribution in [0.1, 0.15) is 33.5 Å². The van der Waals surface area contributed by atoms with Gasteiger partial charge in [0.05, 0.1) is 11.8 Å². The first-order valence-electron chi connectivity index (χ1n) is 11.9. The van der Waals surface area contributed by atoms with E-state index in [1.54, 1.807) is 24.3 Å². The van der Waals surface area contributed by atoms with Crippen LogP contribution in [0, 0.1) is 5.82 Å². The number of amides is 1. The van der Waals surface area contributed by atoms with Crippen LogP contribution < -0.4 is 15.6 Å². The lowest BCUT2D eigenvalue weighted by atomic mass is 9.80. The van der Waals surface area contributed by atoms with E-state index in [9.17, 15) is 14.0 Å². The van der Waals surface area contributed by atoms with Gasteiger partial charge in [0.25, 0.3) is 5.91 Å². The summed E-state index contributed by atoms with van der Waals surface area (Å²) >= 11 is 0. The normalized spacial score (nSPS) is 14.0. The van der Waals surface area contributed by atoms with Crippen LogP contribution in [0.3, 0.4) is 0 Å². The van der Waals surface area contributed by atoms with E-state index >= 15 is 0 Å². The van der Waals surface area contributed by atoms with Crippen LogP contribution in [-0.2, 0) is 10.3 Å². The Bertz CT molecular complexity index is 1460. The van der Waals surface area contributed by atoms with E-state index in [2.05, 4.69) is 21.1 Å². The molecule has 1 aliphatic rings. The number of hydrogen-bond acceptors (Lipinski definition) is 6. The lowest BCUT2D eigenvalue weighted by Gasteiger charge is -2.30. The fraction of sp³-hybridized carbons (Fsp3) is 0.0667. The highest BCUT2D eigenvalue weighted by molar-refractivity contribution is 6.39. The third kappa shape index (κ3) is 5.34. The van der Waals surface area contributed by atoms with Crippen LogP contribution >= 0.6 is 0 Å². The number of carbonyl (C=O) groups is 2. The van der Waals surface area contributed by atoms with Gasteiger partial charge in [-0.1, -0.05) is 66.7 Å². The maximum atomic E-state index is 13.3. The molecule has 0 aliphatic carbocycles. The minimum Gasteiger partial charge on any atom is -0.423 e. The number of hydrogen-bond donors (Lipinski definition) is 2. The molecule has 0 aromatic heterocycles. The van der Waals surface area contributed by atoms with Crippen LogP contribution in [0.5, 0.6) is 5.75 Å². The Labute approximate surface area is 218 Å². The number of benzene rings is 4. The van der Waals surface area contributed by atoms with E-state index in [1.165, 1.54) is 24.4 Å². The third-order valence-electron chi connectivity index (χ3n) is 6.14. The second-order valence-corrected chi connectivity index (χ2v) is 8.65. The second kappa shape index (κ2) is 10.9. The van der Waals surface area contributed by atoms with Crippen LogP contribution in [-0.4, -0.2) is 23.8 Å². The standard InChI is InChI=1S/C30H23FN4O3/c31-25-13-7-8-22(18-25)29(37)38-26-16-14-21(15-17-26)20-32-34-28(36)27-19-30(35-33-27,23-9-3-1-4-10-23)24-11-5-2-6-12-24/h1-18,20,35H,19H2,(H,34,36)/b32-20+. The van der Waals surface area contributed by atoms with Crippen molar-refractivity contribution in [2.24, 2.45) is 10.2 Å². The number of nitrogens with zero attached hydrogens (tertiary/aromatic N) is 2. The van der Waals surface area contributed by atoms with Gasteiger partial charge < -0.3 is 4.74 Å². The maximum Gasteiger partial charge on any atom is 0.343 e. The second-order valence-electron chi connectivity index (χ2n) is 8.65. The van der Waals surface area contributed by atoms with Crippen molar-refractivity contribution >= 4 is 23.8 Å². The molecule has 7 nitrogen and oxygen atoms in total. The van der Waals surface area contributed by atoms with Crippen molar-refractivity contribution in [2.75, 3.05) is 0 Å². The first-order chi connectivity index (χ1) is 18.5. The minimum absolute atomic E-state index is 0.117. The molecule has 0 radical (unpaired) electrons. The molecule has 188 valence electrons. The summed E-state index contributed by atoms with van der Waals surface area (Å²) in [6.07, 6.45) is 1.83. The number of halogens is 1. The van der Waals surface area contributed by atoms with Gasteiger partial charge in [-0.15, -0.1) is 0 Å². The predicted molar refractivity (Wildman–Crippen MR) is 142 cm³/mol. The van der Waals surface area contributed by atoms with E-state index < -0.39 is 23.2 Å². The third-order valence-corrected chi connectivity index (χ3v) is 6.14. The Kier molecular flexibility index (Phi) is 7.04. The Balaban J connectivity index is 1.21. The SMILES string of the molecule is O=C(N/N=C/c1ccc(OC(=O)c2cccc(F)c2)cc1)C1=NNC(c2ccccc2)(c2ccccc2)C1. The summed E-state index contributed by atoms with van der Waals surface area (Å²) in [5.41, 5.74) is 8.18. The van der Waals surface area contributed by atoms with Gasteiger partial charge in [0.2, 0.25) is 0 Å². The monoisotopic (exact) mass is 506 g/mol. The predicted octanol–water partition coefficient (Wildman–Crippen LogP) is 4.79. The zero-order valence-corrected chi connectivity index (χ0v) is 20.2. The van der Waals surface area contributed by atoms with Gasteiger partial charge in [-0.25, -0.2) is 14.6 Å². The molecule has 1 amide bonds. The Hall–Kier alpha value is -5.11. The molecule has 2 N–H and O–H groups in total. The van der Waals surface area contributed by atoms with Crippen molar-refractivity contribution in [1.82, 2.24) is 10.9 Å². The quantitative estimate of drug-likeness (QED) is 0.163. The summed E-state index contributed by atoms with van der Waals surface area (Å²) < 4.78 is 18.6. The molecule has 0 unspecified atom stereocenters. The van der Waals surface area contributed by atoms with Crippen molar-refractivity contribution in [1.29, 1.82) is 0 Å². The summed E-state index contributed by atoms with van der Waals surface area (Å²) in [6, 6.07) is 31.5. The molecular formula is C30H23FN4O3. The molecule has 0 spiro atoms. The Morgan fingerprint density at radius 1 is 0.895 bits per heavy atom. The van der Waals surface area contributed by atoms with Gasteiger partial charge in [0, 0.05) is 6.42 Å². The van der Waals surface area contributed by atoms with Crippen molar-refractivity contribution in [3.05, 3.63) is 137 Å². The van der Waals surface area contributed by atoms with Gasteiger partial charge in [-0.2, -0.15) is 10.2 Å². The maximum absolute atomic E-state index is 13.3. The van der Waals surface area contributed by atoms with Gasteiger partial charge in [0.1, 0.15) is 22.8 Å². The van der Waals surface area contributed by atoms with Gasteiger partial charge in [-0.3, -0.25) is 10.2 Å². The number of hydrazone groups is 2. The molecule has 8 heteroatoms. The smallest absolute Gasteiger partial charge is 0.343 e. The molecule has 0 bridgehead atoms. The first kappa shape index (κ1) is 24.6. The lowest BCUT2D eigenvalue weighted by Crippen LogP contribution is -2.38. The van der Waals surface area contributed by atoms with Crippen molar-refractivity contribution < 1.29 is 18.7 Å². The minimum atomic E-state index is -0.661. The Morgan fingerprint density at radius 2 is 1.55 bits per heavy atom. The zero-order chi connectivity index (χ0) is 26.4. The van der Waals surface area contributed by atoms with Crippen molar-refractivity contribution in [3.8, 4) is 5.75 Å².